The number of methoxy groups -OCH3 is 1. The monoisotopic (exact) mass is 257 g/mol. The van der Waals surface area contributed by atoms with E-state index in [4.69, 9.17) is 22.4 Å². The minimum atomic E-state index is -1.11. The number of halogens is 1. The molecule has 5 nitrogen and oxygen atoms in total. The first-order valence-corrected chi connectivity index (χ1v) is 5.18. The molecule has 92 valence electrons. The van der Waals surface area contributed by atoms with Crippen LogP contribution >= 0.6 is 11.6 Å². The fourth-order valence-corrected chi connectivity index (χ4v) is 1.57. The van der Waals surface area contributed by atoms with Crippen molar-refractivity contribution in [2.45, 2.75) is 12.5 Å². The molecule has 1 atom stereocenters. The van der Waals surface area contributed by atoms with E-state index in [-0.39, 0.29) is 12.0 Å². The Morgan fingerprint density at radius 3 is 2.71 bits per heavy atom. The van der Waals surface area contributed by atoms with Crippen LogP contribution in [0.1, 0.15) is 15.9 Å². The average molecular weight is 258 g/mol. The zero-order chi connectivity index (χ0) is 13.0. The lowest BCUT2D eigenvalue weighted by molar-refractivity contribution is -0.142. The maximum absolute atomic E-state index is 11.1. The fraction of sp³-hybridized carbons (Fsp3) is 0.273. The molecule has 0 amide bonds. The van der Waals surface area contributed by atoms with Gasteiger partial charge in [0.2, 0.25) is 0 Å². The Hall–Kier alpha value is -1.59. The second kappa shape index (κ2) is 5.65. The summed E-state index contributed by atoms with van der Waals surface area (Å²) in [4.78, 5) is 22.1. The Kier molecular flexibility index (Phi) is 4.48. The summed E-state index contributed by atoms with van der Waals surface area (Å²) in [6.45, 7) is 0. The van der Waals surface area contributed by atoms with Gasteiger partial charge in [0.15, 0.2) is 0 Å². The van der Waals surface area contributed by atoms with Crippen molar-refractivity contribution in [2.24, 2.45) is 5.73 Å². The Morgan fingerprint density at radius 1 is 1.53 bits per heavy atom. The number of esters is 1. The van der Waals surface area contributed by atoms with Crippen molar-refractivity contribution in [1.29, 1.82) is 0 Å². The molecule has 0 aromatic heterocycles. The molecule has 0 aliphatic heterocycles. The van der Waals surface area contributed by atoms with Crippen LogP contribution in [0.15, 0.2) is 18.2 Å². The molecule has 1 rings (SSSR count). The van der Waals surface area contributed by atoms with Crippen LogP contribution in [0.25, 0.3) is 0 Å². The molecule has 0 saturated carbocycles. The van der Waals surface area contributed by atoms with Gasteiger partial charge in [0, 0.05) is 5.02 Å². The van der Waals surface area contributed by atoms with Gasteiger partial charge in [0.25, 0.3) is 0 Å². The zero-order valence-electron chi connectivity index (χ0n) is 9.14. The first-order chi connectivity index (χ1) is 7.95. The molecule has 0 spiro atoms. The van der Waals surface area contributed by atoms with Crippen LogP contribution in [0, 0.1) is 0 Å². The molecular formula is C11H12ClNO4. The molecule has 0 heterocycles. The quantitative estimate of drug-likeness (QED) is 0.788. The number of nitrogens with two attached hydrogens (primary N) is 1. The van der Waals surface area contributed by atoms with Crippen molar-refractivity contribution >= 4 is 23.5 Å². The predicted molar refractivity (Wildman–Crippen MR) is 62.1 cm³/mol. The van der Waals surface area contributed by atoms with E-state index in [2.05, 4.69) is 4.74 Å². The summed E-state index contributed by atoms with van der Waals surface area (Å²) in [5.74, 6) is -1.70. The van der Waals surface area contributed by atoms with Crippen molar-refractivity contribution in [3.05, 3.63) is 34.3 Å². The highest BCUT2D eigenvalue weighted by Gasteiger charge is 2.18. The summed E-state index contributed by atoms with van der Waals surface area (Å²) in [7, 11) is 1.22. The van der Waals surface area contributed by atoms with E-state index in [0.29, 0.717) is 10.6 Å². The first kappa shape index (κ1) is 13.5. The minimum Gasteiger partial charge on any atom is -0.478 e. The van der Waals surface area contributed by atoms with Gasteiger partial charge in [-0.1, -0.05) is 17.7 Å². The highest BCUT2D eigenvalue weighted by molar-refractivity contribution is 6.30. The number of carbonyl (C=O) groups excluding carboxylic acids is 1. The van der Waals surface area contributed by atoms with Crippen LogP contribution < -0.4 is 5.73 Å². The van der Waals surface area contributed by atoms with E-state index in [0.717, 1.165) is 0 Å². The average Bonchev–Trinajstić information content (AvgIpc) is 2.29. The van der Waals surface area contributed by atoms with Gasteiger partial charge in [-0.15, -0.1) is 0 Å². The molecule has 0 saturated heterocycles. The van der Waals surface area contributed by atoms with Gasteiger partial charge < -0.3 is 15.6 Å². The van der Waals surface area contributed by atoms with E-state index in [9.17, 15) is 9.59 Å². The van der Waals surface area contributed by atoms with Crippen LogP contribution in [-0.2, 0) is 16.0 Å². The smallest absolute Gasteiger partial charge is 0.336 e. The van der Waals surface area contributed by atoms with Crippen LogP contribution in [0.3, 0.4) is 0 Å². The van der Waals surface area contributed by atoms with Gasteiger partial charge in [0.1, 0.15) is 6.04 Å². The number of hydrogen-bond acceptors (Lipinski definition) is 4. The normalized spacial score (nSPS) is 11.9. The highest BCUT2D eigenvalue weighted by atomic mass is 35.5. The SMILES string of the molecule is COC(=O)[C@@H](N)Cc1ccc(Cl)cc1C(=O)O. The number of benzene rings is 1. The van der Waals surface area contributed by atoms with Crippen LogP contribution in [0.4, 0.5) is 0 Å². The number of ether oxygens (including phenoxy) is 1. The topological polar surface area (TPSA) is 89.6 Å². The van der Waals surface area contributed by atoms with Crippen molar-refractivity contribution in [2.75, 3.05) is 7.11 Å². The molecule has 0 aliphatic carbocycles. The summed E-state index contributed by atoms with van der Waals surface area (Å²) in [5, 5.41) is 9.30. The largest absolute Gasteiger partial charge is 0.478 e. The number of carboxylic acids is 1. The lowest BCUT2D eigenvalue weighted by atomic mass is 10.0. The van der Waals surface area contributed by atoms with Gasteiger partial charge in [-0.3, -0.25) is 4.79 Å². The highest BCUT2D eigenvalue weighted by Crippen LogP contribution is 2.17. The maximum atomic E-state index is 11.1. The first-order valence-electron chi connectivity index (χ1n) is 4.81. The van der Waals surface area contributed by atoms with E-state index < -0.39 is 18.0 Å². The molecule has 0 unspecified atom stereocenters. The lowest BCUT2D eigenvalue weighted by Gasteiger charge is -2.11. The molecular weight excluding hydrogens is 246 g/mol. The summed E-state index contributed by atoms with van der Waals surface area (Å²) in [6.07, 6.45) is 0.0888. The van der Waals surface area contributed by atoms with Crippen LogP contribution in [0.5, 0.6) is 0 Å². The second-order valence-electron chi connectivity index (χ2n) is 3.44. The fourth-order valence-electron chi connectivity index (χ4n) is 1.40. The maximum Gasteiger partial charge on any atom is 0.336 e. The number of rotatable bonds is 4. The van der Waals surface area contributed by atoms with Crippen LogP contribution in [-0.4, -0.2) is 30.2 Å². The van der Waals surface area contributed by atoms with Crippen molar-refractivity contribution in [1.82, 2.24) is 0 Å². The molecule has 0 aliphatic rings. The van der Waals surface area contributed by atoms with Gasteiger partial charge >= 0.3 is 11.9 Å². The summed E-state index contributed by atoms with van der Waals surface area (Å²) in [6, 6.07) is 3.52. The van der Waals surface area contributed by atoms with Gasteiger partial charge in [0.05, 0.1) is 12.7 Å². The Bertz CT molecular complexity index is 447. The number of hydrogen-bond donors (Lipinski definition) is 2. The van der Waals surface area contributed by atoms with E-state index >= 15 is 0 Å². The van der Waals surface area contributed by atoms with Gasteiger partial charge in [-0.2, -0.15) is 0 Å². The molecule has 1 aromatic rings. The van der Waals surface area contributed by atoms with Crippen LogP contribution in [0.2, 0.25) is 5.02 Å². The third-order valence-corrected chi connectivity index (χ3v) is 2.48. The third-order valence-electron chi connectivity index (χ3n) is 2.25. The number of aromatic carboxylic acids is 1. The van der Waals surface area contributed by atoms with Crippen molar-refractivity contribution in [3.8, 4) is 0 Å². The Morgan fingerprint density at radius 2 is 2.18 bits per heavy atom. The standard InChI is InChI=1S/C11H12ClNO4/c1-17-11(16)9(13)4-6-2-3-7(12)5-8(6)10(14)15/h2-3,5,9H,4,13H2,1H3,(H,14,15)/t9-/m0/s1. The summed E-state index contributed by atoms with van der Waals surface area (Å²) in [5.41, 5.74) is 6.05. The van der Waals surface area contributed by atoms with E-state index in [1.165, 1.54) is 19.2 Å². The van der Waals surface area contributed by atoms with Crippen molar-refractivity contribution in [3.63, 3.8) is 0 Å². The third kappa shape index (κ3) is 3.44. The zero-order valence-corrected chi connectivity index (χ0v) is 9.90. The second-order valence-corrected chi connectivity index (χ2v) is 3.88. The number of carboxylic acid groups (broad SMARTS) is 1. The van der Waals surface area contributed by atoms with Gasteiger partial charge in [-0.25, -0.2) is 4.79 Å². The number of carbonyl (C=O) groups is 2. The molecule has 6 heteroatoms. The minimum absolute atomic E-state index is 0.0388. The van der Waals surface area contributed by atoms with Crippen molar-refractivity contribution < 1.29 is 19.4 Å². The molecule has 17 heavy (non-hydrogen) atoms. The summed E-state index contributed by atoms with van der Waals surface area (Å²) >= 11 is 5.70. The molecule has 0 fully saturated rings. The lowest BCUT2D eigenvalue weighted by Crippen LogP contribution is -2.34. The summed E-state index contributed by atoms with van der Waals surface area (Å²) < 4.78 is 4.47. The Balaban J connectivity index is 2.98. The van der Waals surface area contributed by atoms with Gasteiger partial charge in [-0.05, 0) is 24.1 Å². The molecule has 1 aromatic carbocycles. The molecule has 0 bridgehead atoms. The van der Waals surface area contributed by atoms with E-state index in [1.54, 1.807) is 6.07 Å². The molecule has 0 radical (unpaired) electrons. The predicted octanol–water partition coefficient (Wildman–Crippen LogP) is 1.08. The Labute approximate surface area is 103 Å². The molecule has 3 N–H and O–H groups in total. The van der Waals surface area contributed by atoms with E-state index in [1.807, 2.05) is 0 Å².